The molecule has 0 amide bonds. The number of ether oxygens (including phenoxy) is 1. The monoisotopic (exact) mass is 285 g/mol. The number of rotatable bonds is 6. The fraction of sp³-hybridized carbons (Fsp3) is 0.571. The lowest BCUT2D eigenvalue weighted by Gasteiger charge is -2.16. The summed E-state index contributed by atoms with van der Waals surface area (Å²) in [6, 6.07) is 3.51. The molecule has 5 heteroatoms. The van der Waals surface area contributed by atoms with Crippen LogP contribution in [0.3, 0.4) is 0 Å². The quantitative estimate of drug-likeness (QED) is 0.874. The van der Waals surface area contributed by atoms with Gasteiger partial charge >= 0.3 is 0 Å². The van der Waals surface area contributed by atoms with Gasteiger partial charge in [0.1, 0.15) is 10.6 Å². The van der Waals surface area contributed by atoms with E-state index >= 15 is 0 Å². The van der Waals surface area contributed by atoms with Gasteiger partial charge in [0.2, 0.25) is 10.0 Å². The summed E-state index contributed by atoms with van der Waals surface area (Å²) >= 11 is 0. The predicted octanol–water partition coefficient (Wildman–Crippen LogP) is 2.82. The van der Waals surface area contributed by atoms with E-state index < -0.39 is 10.0 Å². The van der Waals surface area contributed by atoms with E-state index in [9.17, 15) is 8.42 Å². The Kier molecular flexibility index (Phi) is 5.38. The molecule has 0 heterocycles. The van der Waals surface area contributed by atoms with Crippen LogP contribution in [0, 0.1) is 6.92 Å². The zero-order valence-electron chi connectivity index (χ0n) is 12.3. The molecule has 1 aromatic rings. The third-order valence-corrected chi connectivity index (χ3v) is 4.49. The maximum absolute atomic E-state index is 12.3. The van der Waals surface area contributed by atoms with Gasteiger partial charge in [-0.3, -0.25) is 0 Å². The highest BCUT2D eigenvalue weighted by Crippen LogP contribution is 2.30. The number of nitrogens with one attached hydrogen (secondary N) is 1. The SMILES string of the molecule is CCCNS(=O)(=O)c1cc(C(C)C)c(C)cc1OC. The molecule has 0 aliphatic rings. The average molecular weight is 285 g/mol. The van der Waals surface area contributed by atoms with E-state index in [1.165, 1.54) is 7.11 Å². The molecule has 19 heavy (non-hydrogen) atoms. The van der Waals surface area contributed by atoms with Gasteiger partial charge in [-0.2, -0.15) is 0 Å². The summed E-state index contributed by atoms with van der Waals surface area (Å²) in [4.78, 5) is 0.220. The fourth-order valence-electron chi connectivity index (χ4n) is 1.98. The van der Waals surface area contributed by atoms with Crippen molar-refractivity contribution in [2.24, 2.45) is 0 Å². The Bertz CT molecular complexity index is 536. The van der Waals surface area contributed by atoms with Crippen LogP contribution in [0.15, 0.2) is 17.0 Å². The molecule has 1 aromatic carbocycles. The summed E-state index contributed by atoms with van der Waals surface area (Å²) in [6.45, 7) is 8.41. The molecule has 0 bridgehead atoms. The zero-order valence-corrected chi connectivity index (χ0v) is 13.1. The summed E-state index contributed by atoms with van der Waals surface area (Å²) in [7, 11) is -2.02. The Morgan fingerprint density at radius 2 is 1.95 bits per heavy atom. The number of sulfonamides is 1. The molecular formula is C14H23NO3S. The first-order valence-electron chi connectivity index (χ1n) is 6.51. The fourth-order valence-corrected chi connectivity index (χ4v) is 3.30. The van der Waals surface area contributed by atoms with Crippen LogP contribution in [0.5, 0.6) is 5.75 Å². The molecule has 0 saturated heterocycles. The van der Waals surface area contributed by atoms with Gasteiger partial charge in [-0.05, 0) is 42.5 Å². The minimum atomic E-state index is -3.51. The summed E-state index contributed by atoms with van der Waals surface area (Å²) in [5, 5.41) is 0. The van der Waals surface area contributed by atoms with Crippen molar-refractivity contribution in [1.82, 2.24) is 4.72 Å². The predicted molar refractivity (Wildman–Crippen MR) is 77.3 cm³/mol. The number of methoxy groups -OCH3 is 1. The second-order valence-electron chi connectivity index (χ2n) is 4.91. The van der Waals surface area contributed by atoms with Crippen molar-refractivity contribution >= 4 is 10.0 Å². The summed E-state index contributed by atoms with van der Waals surface area (Å²) < 4.78 is 32.3. The standard InChI is InChI=1S/C14H23NO3S/c1-6-7-15-19(16,17)14-9-12(10(2)3)11(4)8-13(14)18-5/h8-10,15H,6-7H2,1-5H3. The number of hydrogen-bond acceptors (Lipinski definition) is 3. The van der Waals surface area contributed by atoms with Crippen LogP contribution in [-0.4, -0.2) is 22.1 Å². The highest BCUT2D eigenvalue weighted by Gasteiger charge is 2.21. The van der Waals surface area contributed by atoms with Crippen molar-refractivity contribution in [1.29, 1.82) is 0 Å². The van der Waals surface area contributed by atoms with Gasteiger partial charge in [-0.1, -0.05) is 20.8 Å². The van der Waals surface area contributed by atoms with E-state index in [1.54, 1.807) is 12.1 Å². The Morgan fingerprint density at radius 1 is 1.32 bits per heavy atom. The van der Waals surface area contributed by atoms with Crippen LogP contribution in [-0.2, 0) is 10.0 Å². The number of aryl methyl sites for hydroxylation is 1. The van der Waals surface area contributed by atoms with Crippen LogP contribution >= 0.6 is 0 Å². The van der Waals surface area contributed by atoms with Gasteiger partial charge in [-0.25, -0.2) is 13.1 Å². The summed E-state index contributed by atoms with van der Waals surface area (Å²) in [6.07, 6.45) is 0.754. The third kappa shape index (κ3) is 3.70. The smallest absolute Gasteiger partial charge is 0.244 e. The van der Waals surface area contributed by atoms with E-state index in [0.29, 0.717) is 12.3 Å². The summed E-state index contributed by atoms with van der Waals surface area (Å²) in [5.41, 5.74) is 2.07. The molecule has 1 N–H and O–H groups in total. The molecule has 0 unspecified atom stereocenters. The lowest BCUT2D eigenvalue weighted by molar-refractivity contribution is 0.401. The van der Waals surface area contributed by atoms with Crippen LogP contribution in [0.25, 0.3) is 0 Å². The van der Waals surface area contributed by atoms with Crippen molar-refractivity contribution in [3.05, 3.63) is 23.3 Å². The van der Waals surface area contributed by atoms with Gasteiger partial charge in [0.25, 0.3) is 0 Å². The summed E-state index contributed by atoms with van der Waals surface area (Å²) in [5.74, 6) is 0.663. The largest absolute Gasteiger partial charge is 0.495 e. The molecule has 0 atom stereocenters. The van der Waals surface area contributed by atoms with Crippen molar-refractivity contribution in [3.8, 4) is 5.75 Å². The first-order valence-corrected chi connectivity index (χ1v) is 8.00. The highest BCUT2D eigenvalue weighted by molar-refractivity contribution is 7.89. The Labute approximate surface area is 116 Å². The van der Waals surface area contributed by atoms with Crippen molar-refractivity contribution in [3.63, 3.8) is 0 Å². The molecule has 0 spiro atoms. The number of hydrogen-bond donors (Lipinski definition) is 1. The van der Waals surface area contributed by atoms with Crippen LogP contribution in [0.2, 0.25) is 0 Å². The maximum atomic E-state index is 12.3. The van der Waals surface area contributed by atoms with E-state index in [-0.39, 0.29) is 10.8 Å². The van der Waals surface area contributed by atoms with E-state index in [0.717, 1.165) is 17.5 Å². The highest BCUT2D eigenvalue weighted by atomic mass is 32.2. The van der Waals surface area contributed by atoms with Gasteiger partial charge in [0, 0.05) is 6.54 Å². The minimum absolute atomic E-state index is 0.220. The lowest BCUT2D eigenvalue weighted by atomic mass is 9.98. The van der Waals surface area contributed by atoms with E-state index in [2.05, 4.69) is 4.72 Å². The first-order chi connectivity index (χ1) is 8.83. The first kappa shape index (κ1) is 16.0. The van der Waals surface area contributed by atoms with Gasteiger partial charge in [0.15, 0.2) is 0 Å². The molecule has 1 rings (SSSR count). The Morgan fingerprint density at radius 3 is 2.42 bits per heavy atom. The van der Waals surface area contributed by atoms with Crippen LogP contribution in [0.1, 0.15) is 44.2 Å². The van der Waals surface area contributed by atoms with Crippen molar-refractivity contribution in [2.75, 3.05) is 13.7 Å². The van der Waals surface area contributed by atoms with Crippen LogP contribution < -0.4 is 9.46 Å². The Balaban J connectivity index is 3.36. The van der Waals surface area contributed by atoms with Gasteiger partial charge < -0.3 is 4.74 Å². The zero-order chi connectivity index (χ0) is 14.6. The third-order valence-electron chi connectivity index (χ3n) is 3.01. The molecule has 0 radical (unpaired) electrons. The second-order valence-corrected chi connectivity index (χ2v) is 6.65. The van der Waals surface area contributed by atoms with E-state index in [4.69, 9.17) is 4.74 Å². The second kappa shape index (κ2) is 6.39. The Hall–Kier alpha value is -1.07. The normalized spacial score (nSPS) is 11.9. The molecule has 0 aliphatic carbocycles. The molecule has 0 fully saturated rings. The molecule has 0 saturated carbocycles. The number of benzene rings is 1. The molecule has 0 aromatic heterocycles. The lowest BCUT2D eigenvalue weighted by Crippen LogP contribution is -2.25. The van der Waals surface area contributed by atoms with Crippen molar-refractivity contribution in [2.45, 2.75) is 44.9 Å². The van der Waals surface area contributed by atoms with Crippen LogP contribution in [0.4, 0.5) is 0 Å². The molecule has 0 aliphatic heterocycles. The average Bonchev–Trinajstić information content (AvgIpc) is 2.35. The molecular weight excluding hydrogens is 262 g/mol. The van der Waals surface area contributed by atoms with Gasteiger partial charge in [-0.15, -0.1) is 0 Å². The van der Waals surface area contributed by atoms with Gasteiger partial charge in [0.05, 0.1) is 7.11 Å². The topological polar surface area (TPSA) is 55.4 Å². The molecule has 4 nitrogen and oxygen atoms in total. The molecule has 108 valence electrons. The van der Waals surface area contributed by atoms with E-state index in [1.807, 2.05) is 27.7 Å². The maximum Gasteiger partial charge on any atom is 0.244 e. The van der Waals surface area contributed by atoms with Crippen molar-refractivity contribution < 1.29 is 13.2 Å². The minimum Gasteiger partial charge on any atom is -0.495 e.